The largest absolute Gasteiger partial charge is 0.309 e. The topological polar surface area (TPSA) is 9.86 Å². The molecule has 50 heavy (non-hydrogen) atoms. The van der Waals surface area contributed by atoms with Crippen LogP contribution >= 0.6 is 0 Å². The number of rotatable bonds is 5. The van der Waals surface area contributed by atoms with E-state index in [2.05, 4.69) is 203 Å². The smallest absolute Gasteiger partial charge is 0.0620 e. The van der Waals surface area contributed by atoms with E-state index in [-0.39, 0.29) is 0 Å². The Bertz CT molecular complexity index is 2840. The van der Waals surface area contributed by atoms with E-state index < -0.39 is 0 Å². The van der Waals surface area contributed by atoms with E-state index in [1.807, 2.05) is 0 Å². The molecule has 10 rings (SSSR count). The second-order valence-corrected chi connectivity index (χ2v) is 12.9. The van der Waals surface area contributed by atoms with Gasteiger partial charge in [-0.1, -0.05) is 158 Å². The predicted molar refractivity (Wildman–Crippen MR) is 211 cm³/mol. The zero-order valence-electron chi connectivity index (χ0n) is 27.4. The minimum atomic E-state index is 1.15. The normalized spacial score (nSPS) is 11.6. The fourth-order valence-corrected chi connectivity index (χ4v) is 7.96. The van der Waals surface area contributed by atoms with Crippen molar-refractivity contribution in [3.05, 3.63) is 194 Å². The highest BCUT2D eigenvalue weighted by Gasteiger charge is 2.22. The molecule has 0 fully saturated rings. The lowest BCUT2D eigenvalue weighted by Gasteiger charge is -2.18. The van der Waals surface area contributed by atoms with E-state index in [1.165, 1.54) is 77.0 Å². The molecule has 234 valence electrons. The minimum Gasteiger partial charge on any atom is -0.309 e. The molecule has 10 aromatic rings. The zero-order chi connectivity index (χ0) is 33.0. The monoisotopic (exact) mass is 636 g/mol. The van der Waals surface area contributed by atoms with Crippen LogP contribution in [-0.4, -0.2) is 9.13 Å². The first-order chi connectivity index (χ1) is 24.8. The van der Waals surface area contributed by atoms with E-state index in [0.717, 1.165) is 11.4 Å². The quantitative estimate of drug-likeness (QED) is 0.178. The summed E-state index contributed by atoms with van der Waals surface area (Å²) in [5.41, 5.74) is 14.3. The molecule has 2 nitrogen and oxygen atoms in total. The van der Waals surface area contributed by atoms with E-state index in [9.17, 15) is 0 Å². The van der Waals surface area contributed by atoms with Gasteiger partial charge in [-0.2, -0.15) is 0 Å². The van der Waals surface area contributed by atoms with Crippen LogP contribution in [0.5, 0.6) is 0 Å². The summed E-state index contributed by atoms with van der Waals surface area (Å²) in [6.07, 6.45) is 0. The first kappa shape index (κ1) is 28.4. The number of hydrogen-bond acceptors (Lipinski definition) is 0. The van der Waals surface area contributed by atoms with Gasteiger partial charge < -0.3 is 9.13 Å². The Morgan fingerprint density at radius 3 is 1.38 bits per heavy atom. The van der Waals surface area contributed by atoms with Gasteiger partial charge in [-0.15, -0.1) is 0 Å². The van der Waals surface area contributed by atoms with Crippen molar-refractivity contribution in [2.75, 3.05) is 0 Å². The van der Waals surface area contributed by atoms with Crippen molar-refractivity contribution >= 4 is 43.6 Å². The maximum atomic E-state index is 2.51. The van der Waals surface area contributed by atoms with Crippen molar-refractivity contribution in [3.63, 3.8) is 0 Å². The average Bonchev–Trinajstić information content (AvgIpc) is 3.72. The Hall–Kier alpha value is -6.64. The van der Waals surface area contributed by atoms with Gasteiger partial charge in [0.1, 0.15) is 0 Å². The van der Waals surface area contributed by atoms with E-state index in [1.54, 1.807) is 0 Å². The molecule has 8 aromatic carbocycles. The molecule has 2 heteroatoms. The van der Waals surface area contributed by atoms with Crippen molar-refractivity contribution < 1.29 is 0 Å². The van der Waals surface area contributed by atoms with Gasteiger partial charge in [0.2, 0.25) is 0 Å². The summed E-state index contributed by atoms with van der Waals surface area (Å²) in [6.45, 7) is 0. The standard InChI is InChI=1S/C48H32N2/c1-4-16-33(17-5-1)35-30-31-46(43(32-35)34-18-6-2-7-19-34)50-45-29-13-11-23-38(45)40-25-15-27-42(48(40)50)41-26-14-24-39-37-22-10-12-28-44(37)49(47(39)41)36-20-8-3-9-21-36/h1-32H. The number of benzene rings is 8. The molecule has 2 heterocycles. The summed E-state index contributed by atoms with van der Waals surface area (Å²) in [5.74, 6) is 0. The molecule has 0 atom stereocenters. The van der Waals surface area contributed by atoms with E-state index in [0.29, 0.717) is 0 Å². The van der Waals surface area contributed by atoms with Gasteiger partial charge in [-0.05, 0) is 53.1 Å². The van der Waals surface area contributed by atoms with Crippen molar-refractivity contribution in [2.24, 2.45) is 0 Å². The first-order valence-electron chi connectivity index (χ1n) is 17.2. The van der Waals surface area contributed by atoms with E-state index in [4.69, 9.17) is 0 Å². The Balaban J connectivity index is 1.34. The molecule has 0 radical (unpaired) electrons. The summed E-state index contributed by atoms with van der Waals surface area (Å²) < 4.78 is 4.95. The Morgan fingerprint density at radius 2 is 0.760 bits per heavy atom. The number of aromatic nitrogens is 2. The van der Waals surface area contributed by atoms with Gasteiger partial charge in [0.05, 0.1) is 27.8 Å². The SMILES string of the molecule is c1ccc(-c2ccc(-n3c4ccccc4c4cccc(-c5cccc6c7ccccc7n(-c7ccccc7)c56)c43)c(-c3ccccc3)c2)cc1. The fourth-order valence-electron chi connectivity index (χ4n) is 7.96. The molecule has 0 aliphatic heterocycles. The van der Waals surface area contributed by atoms with Crippen molar-refractivity contribution in [2.45, 2.75) is 0 Å². The molecule has 0 saturated carbocycles. The molecule has 0 unspecified atom stereocenters. The van der Waals surface area contributed by atoms with Crippen LogP contribution in [0, 0.1) is 0 Å². The highest BCUT2D eigenvalue weighted by molar-refractivity contribution is 6.19. The van der Waals surface area contributed by atoms with Crippen LogP contribution in [0.3, 0.4) is 0 Å². The van der Waals surface area contributed by atoms with Crippen LogP contribution < -0.4 is 0 Å². The summed E-state index contributed by atoms with van der Waals surface area (Å²) >= 11 is 0. The molecule has 0 amide bonds. The van der Waals surface area contributed by atoms with Crippen LogP contribution in [0.1, 0.15) is 0 Å². The highest BCUT2D eigenvalue weighted by Crippen LogP contribution is 2.44. The highest BCUT2D eigenvalue weighted by atomic mass is 15.0. The van der Waals surface area contributed by atoms with Gasteiger partial charge in [-0.3, -0.25) is 0 Å². The molecule has 0 bridgehead atoms. The number of nitrogens with zero attached hydrogens (tertiary/aromatic N) is 2. The van der Waals surface area contributed by atoms with Crippen molar-refractivity contribution in [3.8, 4) is 44.8 Å². The van der Waals surface area contributed by atoms with Gasteiger partial charge in [0, 0.05) is 43.9 Å². The maximum Gasteiger partial charge on any atom is 0.0620 e. The molecule has 0 N–H and O–H groups in total. The fraction of sp³-hybridized carbons (Fsp3) is 0. The Kier molecular flexibility index (Phi) is 6.53. The lowest BCUT2D eigenvalue weighted by atomic mass is 9.96. The minimum absolute atomic E-state index is 1.15. The van der Waals surface area contributed by atoms with Crippen LogP contribution in [0.25, 0.3) is 88.4 Å². The summed E-state index contributed by atoms with van der Waals surface area (Å²) in [6, 6.07) is 70.4. The zero-order valence-corrected chi connectivity index (χ0v) is 27.4. The predicted octanol–water partition coefficient (Wildman–Crippen LogP) is 12.9. The molecule has 0 aliphatic rings. The van der Waals surface area contributed by atoms with Crippen LogP contribution in [0.15, 0.2) is 194 Å². The molecule has 0 spiro atoms. The Morgan fingerprint density at radius 1 is 0.280 bits per heavy atom. The lowest BCUT2D eigenvalue weighted by molar-refractivity contribution is 1.17. The average molecular weight is 637 g/mol. The molecule has 2 aromatic heterocycles. The molecule has 0 aliphatic carbocycles. The number of para-hydroxylation sites is 5. The second-order valence-electron chi connectivity index (χ2n) is 12.9. The van der Waals surface area contributed by atoms with Gasteiger partial charge in [0.15, 0.2) is 0 Å². The number of hydrogen-bond donors (Lipinski definition) is 0. The van der Waals surface area contributed by atoms with Crippen molar-refractivity contribution in [1.29, 1.82) is 0 Å². The van der Waals surface area contributed by atoms with Gasteiger partial charge in [0.25, 0.3) is 0 Å². The third-order valence-corrected chi connectivity index (χ3v) is 10.1. The summed E-state index contributed by atoms with van der Waals surface area (Å²) in [5, 5.41) is 4.98. The molecular formula is C48H32N2. The van der Waals surface area contributed by atoms with Crippen LogP contribution in [-0.2, 0) is 0 Å². The summed E-state index contributed by atoms with van der Waals surface area (Å²) in [4.78, 5) is 0. The van der Waals surface area contributed by atoms with Crippen molar-refractivity contribution in [1.82, 2.24) is 9.13 Å². The van der Waals surface area contributed by atoms with Gasteiger partial charge in [-0.25, -0.2) is 0 Å². The van der Waals surface area contributed by atoms with Crippen LogP contribution in [0.4, 0.5) is 0 Å². The molecular weight excluding hydrogens is 605 g/mol. The van der Waals surface area contributed by atoms with Gasteiger partial charge >= 0.3 is 0 Å². The first-order valence-corrected chi connectivity index (χ1v) is 17.2. The lowest BCUT2D eigenvalue weighted by Crippen LogP contribution is -2.00. The second kappa shape index (κ2) is 11.5. The number of fused-ring (bicyclic) bond motifs is 6. The summed E-state index contributed by atoms with van der Waals surface area (Å²) in [7, 11) is 0. The third-order valence-electron chi connectivity index (χ3n) is 10.1. The maximum absolute atomic E-state index is 2.51. The Labute approximate surface area is 290 Å². The molecule has 0 saturated heterocycles. The van der Waals surface area contributed by atoms with Crippen LogP contribution in [0.2, 0.25) is 0 Å². The van der Waals surface area contributed by atoms with E-state index >= 15 is 0 Å². The third kappa shape index (κ3) is 4.36.